The summed E-state index contributed by atoms with van der Waals surface area (Å²) in [6.07, 6.45) is 17.2. The van der Waals surface area contributed by atoms with E-state index in [9.17, 15) is 4.79 Å². The Morgan fingerprint density at radius 1 is 1.39 bits per heavy atom. The van der Waals surface area contributed by atoms with E-state index in [0.29, 0.717) is 24.4 Å². The van der Waals surface area contributed by atoms with E-state index in [1.807, 2.05) is 15.3 Å². The predicted molar refractivity (Wildman–Crippen MR) is 118 cm³/mol. The van der Waals surface area contributed by atoms with Crippen molar-refractivity contribution < 1.29 is 9.13 Å². The first-order valence-electron chi connectivity index (χ1n) is 10.6. The Balaban J connectivity index is 1.63. The van der Waals surface area contributed by atoms with Crippen LogP contribution in [0.15, 0.2) is 29.7 Å². The molecule has 3 aromatic rings. The number of fused-ring (bicyclic) bond motifs is 1. The summed E-state index contributed by atoms with van der Waals surface area (Å²) in [7, 11) is 0. The minimum absolute atomic E-state index is 0.111. The summed E-state index contributed by atoms with van der Waals surface area (Å²) < 4.78 is 25.5. The monoisotopic (exact) mass is 421 g/mol. The maximum absolute atomic E-state index is 15.4. The van der Waals surface area contributed by atoms with Gasteiger partial charge in [0.25, 0.3) is 0 Å². The fraction of sp³-hybridized carbons (Fsp3) is 0.391. The van der Waals surface area contributed by atoms with E-state index in [1.165, 1.54) is 0 Å². The summed E-state index contributed by atoms with van der Waals surface area (Å²) in [5.41, 5.74) is 6.32. The number of hydrogen-bond acceptors (Lipinski definition) is 5. The summed E-state index contributed by atoms with van der Waals surface area (Å²) in [5.74, 6) is 2.12. The number of nitrogens with one attached hydrogen (secondary N) is 1. The second kappa shape index (κ2) is 7.34. The fourth-order valence-corrected chi connectivity index (χ4v) is 4.76. The Bertz CT molecular complexity index is 1250. The molecule has 1 fully saturated rings. The van der Waals surface area contributed by atoms with Crippen LogP contribution in [0.2, 0.25) is 0 Å². The molecule has 0 amide bonds. The zero-order valence-electron chi connectivity index (χ0n) is 17.2. The van der Waals surface area contributed by atoms with E-state index in [1.54, 1.807) is 18.7 Å². The number of nitrogens with two attached hydrogens (primary N) is 1. The Hall–Kier alpha value is -3.47. The second-order valence-corrected chi connectivity index (χ2v) is 8.30. The zero-order valence-corrected chi connectivity index (χ0v) is 17.2. The highest BCUT2D eigenvalue weighted by molar-refractivity contribution is 6.00. The van der Waals surface area contributed by atoms with Gasteiger partial charge in [-0.15, -0.1) is 6.42 Å². The van der Waals surface area contributed by atoms with E-state index >= 15 is 4.39 Å². The van der Waals surface area contributed by atoms with Crippen molar-refractivity contribution in [2.24, 2.45) is 0 Å². The molecule has 1 aromatic carbocycles. The summed E-state index contributed by atoms with van der Waals surface area (Å²) >= 11 is 0. The van der Waals surface area contributed by atoms with Gasteiger partial charge in [-0.1, -0.05) is 5.92 Å². The molecule has 0 saturated heterocycles. The molecule has 3 heterocycles. The number of hydrogen-bond donors (Lipinski definition) is 2. The number of pyridine rings is 1. The van der Waals surface area contributed by atoms with Crippen molar-refractivity contribution >= 4 is 22.3 Å². The third-order valence-corrected chi connectivity index (χ3v) is 6.59. The normalized spacial score (nSPS) is 16.4. The molecule has 0 radical (unpaired) electrons. The first-order valence-corrected chi connectivity index (χ1v) is 10.6. The van der Waals surface area contributed by atoms with Crippen molar-refractivity contribution in [3.63, 3.8) is 0 Å². The van der Waals surface area contributed by atoms with Crippen LogP contribution in [0.25, 0.3) is 10.9 Å². The molecule has 0 unspecified atom stereocenters. The molecule has 0 bridgehead atoms. The van der Waals surface area contributed by atoms with Crippen LogP contribution in [-0.2, 0) is 12.1 Å². The highest BCUT2D eigenvalue weighted by Crippen LogP contribution is 2.49. The van der Waals surface area contributed by atoms with Gasteiger partial charge in [-0.25, -0.2) is 9.37 Å². The van der Waals surface area contributed by atoms with Gasteiger partial charge in [-0.05, 0) is 25.7 Å². The maximum Gasteiger partial charge on any atom is 0.207 e. The van der Waals surface area contributed by atoms with Gasteiger partial charge in [0.05, 0.1) is 35.1 Å². The van der Waals surface area contributed by atoms with Crippen LogP contribution >= 0.6 is 0 Å². The van der Waals surface area contributed by atoms with Crippen molar-refractivity contribution in [2.45, 2.75) is 44.2 Å². The van der Waals surface area contributed by atoms with Gasteiger partial charge < -0.3 is 24.9 Å². The molecule has 2 aromatic heterocycles. The molecule has 1 spiro atoms. The van der Waals surface area contributed by atoms with Gasteiger partial charge in [-0.2, -0.15) is 0 Å². The third-order valence-electron chi connectivity index (χ3n) is 6.59. The van der Waals surface area contributed by atoms with Crippen molar-refractivity contribution in [2.75, 3.05) is 24.2 Å². The van der Waals surface area contributed by atoms with Crippen LogP contribution in [0.5, 0.6) is 5.75 Å². The van der Waals surface area contributed by atoms with Crippen molar-refractivity contribution in [1.29, 1.82) is 0 Å². The number of nitrogens with zero attached hydrogens (tertiary/aromatic N) is 3. The molecule has 1 saturated carbocycles. The van der Waals surface area contributed by atoms with Crippen LogP contribution in [0.3, 0.4) is 0 Å². The van der Waals surface area contributed by atoms with Crippen LogP contribution in [0.1, 0.15) is 37.7 Å². The SMILES string of the molecule is C#Cc1cn2c3c(c(NCCCn4ccnc4)c(F)c(N)c3c1=O)OCCC21CCC1. The molecule has 160 valence electrons. The number of rotatable bonds is 5. The van der Waals surface area contributed by atoms with Crippen molar-refractivity contribution in [1.82, 2.24) is 14.1 Å². The molecular weight excluding hydrogens is 397 g/mol. The van der Waals surface area contributed by atoms with E-state index < -0.39 is 11.2 Å². The van der Waals surface area contributed by atoms with E-state index in [4.69, 9.17) is 16.9 Å². The van der Waals surface area contributed by atoms with Gasteiger partial charge >= 0.3 is 0 Å². The molecular formula is C23H24FN5O2. The molecule has 0 atom stereocenters. The average Bonchev–Trinajstić information content (AvgIpc) is 3.19. The maximum atomic E-state index is 15.4. The topological polar surface area (TPSA) is 87.1 Å². The Morgan fingerprint density at radius 2 is 2.23 bits per heavy atom. The number of terminal acetylenes is 1. The number of aryl methyl sites for hydroxylation is 1. The number of anilines is 2. The van der Waals surface area contributed by atoms with Gasteiger partial charge in [0.15, 0.2) is 11.6 Å². The average molecular weight is 421 g/mol. The summed E-state index contributed by atoms with van der Waals surface area (Å²) in [5, 5.41) is 3.27. The molecule has 1 aliphatic heterocycles. The van der Waals surface area contributed by atoms with Crippen LogP contribution < -0.4 is 21.2 Å². The number of aromatic nitrogens is 3. The zero-order chi connectivity index (χ0) is 21.6. The highest BCUT2D eigenvalue weighted by Gasteiger charge is 2.42. The molecule has 3 N–H and O–H groups in total. The molecule has 7 nitrogen and oxygen atoms in total. The highest BCUT2D eigenvalue weighted by atomic mass is 19.1. The van der Waals surface area contributed by atoms with E-state index in [2.05, 4.69) is 16.2 Å². The minimum Gasteiger partial charge on any atom is -0.489 e. The smallest absolute Gasteiger partial charge is 0.207 e. The predicted octanol–water partition coefficient (Wildman–Crippen LogP) is 3.06. The Morgan fingerprint density at radius 3 is 2.90 bits per heavy atom. The lowest BCUT2D eigenvalue weighted by atomic mass is 9.74. The van der Waals surface area contributed by atoms with Crippen LogP contribution in [0.4, 0.5) is 15.8 Å². The van der Waals surface area contributed by atoms with E-state index in [0.717, 1.165) is 38.6 Å². The number of halogens is 1. The lowest BCUT2D eigenvalue weighted by Gasteiger charge is -2.44. The fourth-order valence-electron chi connectivity index (χ4n) is 4.76. The molecule has 5 rings (SSSR count). The summed E-state index contributed by atoms with van der Waals surface area (Å²) in [4.78, 5) is 17.0. The van der Waals surface area contributed by atoms with Crippen molar-refractivity contribution in [3.8, 4) is 18.1 Å². The third kappa shape index (κ3) is 2.95. The van der Waals surface area contributed by atoms with Crippen LogP contribution in [-0.4, -0.2) is 27.3 Å². The molecule has 2 aliphatic rings. The summed E-state index contributed by atoms with van der Waals surface area (Å²) in [6.45, 7) is 1.69. The standard InChI is InChI=1S/C23H24FN5O2/c1-2-15-13-29-20-16(21(15)30)18(25)17(24)19(27-8-4-10-28-11-9-26-14-28)22(20)31-12-7-23(29)5-3-6-23/h1,9,11,13-14,27H,3-8,10,12,25H2. The van der Waals surface area contributed by atoms with Gasteiger partial charge in [0, 0.05) is 43.6 Å². The minimum atomic E-state index is -0.674. The number of ether oxygens (including phenoxy) is 1. The second-order valence-electron chi connectivity index (χ2n) is 8.30. The molecule has 1 aliphatic carbocycles. The lowest BCUT2D eigenvalue weighted by Crippen LogP contribution is -2.41. The van der Waals surface area contributed by atoms with Crippen LogP contribution in [0, 0.1) is 18.2 Å². The quantitative estimate of drug-likeness (QED) is 0.376. The van der Waals surface area contributed by atoms with E-state index in [-0.39, 0.29) is 27.9 Å². The number of imidazole rings is 1. The number of nitrogen functional groups attached to an aromatic ring is 1. The van der Waals surface area contributed by atoms with Gasteiger partial charge in [-0.3, -0.25) is 4.79 Å². The summed E-state index contributed by atoms with van der Waals surface area (Å²) in [6, 6.07) is 0. The first-order chi connectivity index (χ1) is 15.1. The Labute approximate surface area is 179 Å². The molecule has 31 heavy (non-hydrogen) atoms. The lowest BCUT2D eigenvalue weighted by molar-refractivity contribution is 0.117. The van der Waals surface area contributed by atoms with Gasteiger partial charge in [0.1, 0.15) is 5.69 Å². The number of benzene rings is 1. The van der Waals surface area contributed by atoms with Crippen molar-refractivity contribution in [3.05, 3.63) is 46.5 Å². The molecule has 8 heteroatoms. The first kappa shape index (κ1) is 19.5. The Kier molecular flexibility index (Phi) is 4.62. The van der Waals surface area contributed by atoms with Gasteiger partial charge in [0.2, 0.25) is 5.43 Å². The largest absolute Gasteiger partial charge is 0.489 e.